The van der Waals surface area contributed by atoms with Gasteiger partial charge in [0.2, 0.25) is 0 Å². The fourth-order valence-electron chi connectivity index (χ4n) is 2.40. The van der Waals surface area contributed by atoms with E-state index in [9.17, 15) is 9.59 Å². The van der Waals surface area contributed by atoms with E-state index < -0.39 is 5.97 Å². The number of amides is 1. The summed E-state index contributed by atoms with van der Waals surface area (Å²) in [5.41, 5.74) is 1.18. The van der Waals surface area contributed by atoms with Gasteiger partial charge in [-0.05, 0) is 24.3 Å². The van der Waals surface area contributed by atoms with Gasteiger partial charge in [0.1, 0.15) is 11.5 Å². The number of aromatic nitrogens is 2. The summed E-state index contributed by atoms with van der Waals surface area (Å²) >= 11 is 0. The number of ether oxygens (including phenoxy) is 2. The molecule has 0 aliphatic carbocycles. The topological polar surface area (TPSA) is 93.6 Å². The molecule has 0 bridgehead atoms. The molecule has 1 aromatic heterocycles. The Hall–Kier alpha value is -3.00. The number of carbonyl (C=O) groups excluding carboxylic acids is 2. The first-order valence-corrected chi connectivity index (χ1v) is 7.82. The van der Waals surface area contributed by atoms with Crippen molar-refractivity contribution in [1.29, 1.82) is 0 Å². The molecule has 0 spiro atoms. The monoisotopic (exact) mass is 342 g/mol. The van der Waals surface area contributed by atoms with Crippen molar-refractivity contribution in [3.63, 3.8) is 0 Å². The average molecular weight is 342 g/mol. The van der Waals surface area contributed by atoms with Gasteiger partial charge in [0.05, 0.1) is 38.3 Å². The lowest BCUT2D eigenvalue weighted by molar-refractivity contribution is 0.0600. The van der Waals surface area contributed by atoms with Crippen LogP contribution < -0.4 is 10.2 Å². The predicted octanol–water partition coefficient (Wildman–Crippen LogP) is 1.35. The number of esters is 1. The van der Waals surface area contributed by atoms with Gasteiger partial charge < -0.3 is 19.7 Å². The molecule has 3 rings (SSSR count). The summed E-state index contributed by atoms with van der Waals surface area (Å²) in [6, 6.07) is 6.41. The Balaban J connectivity index is 1.63. The van der Waals surface area contributed by atoms with Crippen LogP contribution >= 0.6 is 0 Å². The maximum atomic E-state index is 12.2. The standard InChI is InChI=1S/C17H18N4O4/c1-24-17(23)12-2-4-13(5-3-12)20-16(22)14-10-19-15(11-18-14)21-6-8-25-9-7-21/h2-5,10-11H,6-9H2,1H3,(H,20,22). The third-order valence-electron chi connectivity index (χ3n) is 3.77. The zero-order chi connectivity index (χ0) is 17.6. The third-order valence-corrected chi connectivity index (χ3v) is 3.77. The maximum absolute atomic E-state index is 12.2. The summed E-state index contributed by atoms with van der Waals surface area (Å²) in [6.45, 7) is 2.83. The molecule has 130 valence electrons. The summed E-state index contributed by atoms with van der Waals surface area (Å²) < 4.78 is 9.93. The van der Waals surface area contributed by atoms with E-state index in [1.807, 2.05) is 0 Å². The first kappa shape index (κ1) is 16.8. The smallest absolute Gasteiger partial charge is 0.337 e. The maximum Gasteiger partial charge on any atom is 0.337 e. The second kappa shape index (κ2) is 7.71. The molecule has 0 atom stereocenters. The highest BCUT2D eigenvalue weighted by atomic mass is 16.5. The second-order valence-electron chi connectivity index (χ2n) is 5.38. The van der Waals surface area contributed by atoms with Crippen LogP contribution in [-0.2, 0) is 9.47 Å². The van der Waals surface area contributed by atoms with Crippen molar-refractivity contribution in [2.45, 2.75) is 0 Å². The third kappa shape index (κ3) is 4.10. The van der Waals surface area contributed by atoms with Crippen molar-refractivity contribution in [2.75, 3.05) is 43.6 Å². The Morgan fingerprint density at radius 1 is 1.12 bits per heavy atom. The summed E-state index contributed by atoms with van der Waals surface area (Å²) in [4.78, 5) is 34.2. The van der Waals surface area contributed by atoms with Gasteiger partial charge >= 0.3 is 5.97 Å². The zero-order valence-electron chi connectivity index (χ0n) is 13.8. The molecule has 1 N–H and O–H groups in total. The van der Waals surface area contributed by atoms with E-state index >= 15 is 0 Å². The Morgan fingerprint density at radius 2 is 1.84 bits per heavy atom. The minimum absolute atomic E-state index is 0.217. The molecule has 2 aromatic rings. The molecule has 0 unspecified atom stereocenters. The normalized spacial score (nSPS) is 14.0. The van der Waals surface area contributed by atoms with Crippen LogP contribution in [0.3, 0.4) is 0 Å². The minimum atomic E-state index is -0.428. The zero-order valence-corrected chi connectivity index (χ0v) is 13.8. The molecule has 1 fully saturated rings. The van der Waals surface area contributed by atoms with E-state index in [1.165, 1.54) is 13.3 Å². The van der Waals surface area contributed by atoms with E-state index in [1.54, 1.807) is 30.5 Å². The van der Waals surface area contributed by atoms with Crippen molar-refractivity contribution in [1.82, 2.24) is 9.97 Å². The highest BCUT2D eigenvalue weighted by molar-refractivity contribution is 6.03. The minimum Gasteiger partial charge on any atom is -0.465 e. The largest absolute Gasteiger partial charge is 0.465 e. The number of benzene rings is 1. The molecular formula is C17H18N4O4. The molecule has 1 amide bonds. The number of carbonyl (C=O) groups is 2. The van der Waals surface area contributed by atoms with Crippen molar-refractivity contribution < 1.29 is 19.1 Å². The molecule has 8 heteroatoms. The Morgan fingerprint density at radius 3 is 2.44 bits per heavy atom. The second-order valence-corrected chi connectivity index (χ2v) is 5.38. The van der Waals surface area contributed by atoms with Gasteiger partial charge in [-0.2, -0.15) is 0 Å². The molecule has 8 nitrogen and oxygen atoms in total. The SMILES string of the molecule is COC(=O)c1ccc(NC(=O)c2cnc(N3CCOCC3)cn2)cc1. The number of anilines is 2. The van der Waals surface area contributed by atoms with Crippen LogP contribution in [0.5, 0.6) is 0 Å². The molecule has 2 heterocycles. The van der Waals surface area contributed by atoms with Crippen LogP contribution in [-0.4, -0.2) is 55.3 Å². The van der Waals surface area contributed by atoms with Crippen molar-refractivity contribution in [3.05, 3.63) is 47.9 Å². The van der Waals surface area contributed by atoms with Crippen LogP contribution in [0.15, 0.2) is 36.7 Å². The molecule has 25 heavy (non-hydrogen) atoms. The first-order valence-electron chi connectivity index (χ1n) is 7.82. The summed E-state index contributed by atoms with van der Waals surface area (Å²) in [6.07, 6.45) is 3.03. The van der Waals surface area contributed by atoms with Gasteiger partial charge in [-0.1, -0.05) is 0 Å². The predicted molar refractivity (Wildman–Crippen MR) is 90.8 cm³/mol. The summed E-state index contributed by atoms with van der Waals surface area (Å²) in [5, 5.41) is 2.71. The van der Waals surface area contributed by atoms with Crippen molar-refractivity contribution in [2.24, 2.45) is 0 Å². The van der Waals surface area contributed by atoms with Crippen molar-refractivity contribution >= 4 is 23.4 Å². The van der Waals surface area contributed by atoms with Crippen molar-refractivity contribution in [3.8, 4) is 0 Å². The molecule has 0 radical (unpaired) electrons. The van der Waals surface area contributed by atoms with Gasteiger partial charge in [0, 0.05) is 18.8 Å². The lowest BCUT2D eigenvalue weighted by Crippen LogP contribution is -2.36. The first-order chi connectivity index (χ1) is 12.2. The molecule has 1 aliphatic heterocycles. The average Bonchev–Trinajstić information content (AvgIpc) is 2.68. The molecule has 0 saturated carbocycles. The van der Waals surface area contributed by atoms with E-state index in [4.69, 9.17) is 4.74 Å². The number of nitrogens with zero attached hydrogens (tertiary/aromatic N) is 3. The number of rotatable bonds is 4. The van der Waals surface area contributed by atoms with Gasteiger partial charge in [-0.3, -0.25) is 4.79 Å². The molecule has 1 aliphatic rings. The quantitative estimate of drug-likeness (QED) is 0.838. The van der Waals surface area contributed by atoms with E-state index in [0.29, 0.717) is 24.5 Å². The fraction of sp³-hybridized carbons (Fsp3) is 0.294. The van der Waals surface area contributed by atoms with E-state index in [-0.39, 0.29) is 11.6 Å². The molecular weight excluding hydrogens is 324 g/mol. The van der Waals surface area contributed by atoms with Gasteiger partial charge in [0.15, 0.2) is 0 Å². The summed E-state index contributed by atoms with van der Waals surface area (Å²) in [7, 11) is 1.32. The number of morpholine rings is 1. The lowest BCUT2D eigenvalue weighted by atomic mass is 10.2. The van der Waals surface area contributed by atoms with Gasteiger partial charge in [0.25, 0.3) is 5.91 Å². The van der Waals surface area contributed by atoms with E-state index in [2.05, 4.69) is 24.9 Å². The molecule has 1 aromatic carbocycles. The molecule has 1 saturated heterocycles. The Labute approximate surface area is 144 Å². The number of hydrogen-bond acceptors (Lipinski definition) is 7. The van der Waals surface area contributed by atoms with Crippen LogP contribution in [0.1, 0.15) is 20.8 Å². The summed E-state index contributed by atoms with van der Waals surface area (Å²) in [5.74, 6) is -0.0726. The number of nitrogens with one attached hydrogen (secondary N) is 1. The highest BCUT2D eigenvalue weighted by Crippen LogP contribution is 2.13. The lowest BCUT2D eigenvalue weighted by Gasteiger charge is -2.27. The van der Waals surface area contributed by atoms with Crippen LogP contribution in [0.25, 0.3) is 0 Å². The van der Waals surface area contributed by atoms with Crippen LogP contribution in [0.4, 0.5) is 11.5 Å². The van der Waals surface area contributed by atoms with Crippen LogP contribution in [0, 0.1) is 0 Å². The van der Waals surface area contributed by atoms with Gasteiger partial charge in [-0.15, -0.1) is 0 Å². The number of hydrogen-bond donors (Lipinski definition) is 1. The Kier molecular flexibility index (Phi) is 5.20. The van der Waals surface area contributed by atoms with Gasteiger partial charge in [-0.25, -0.2) is 14.8 Å². The highest BCUT2D eigenvalue weighted by Gasteiger charge is 2.14. The number of methoxy groups -OCH3 is 1. The van der Waals surface area contributed by atoms with E-state index in [0.717, 1.165) is 18.9 Å². The fourth-order valence-corrected chi connectivity index (χ4v) is 2.40. The Bertz CT molecular complexity index is 740. The van der Waals surface area contributed by atoms with Crippen LogP contribution in [0.2, 0.25) is 0 Å².